The molecule has 0 saturated heterocycles. The van der Waals surface area contributed by atoms with Crippen molar-refractivity contribution in [2.75, 3.05) is 26.4 Å². The first-order chi connectivity index (χ1) is 12.7. The van der Waals surface area contributed by atoms with Gasteiger partial charge in [0, 0.05) is 18.4 Å². The number of sulfone groups is 1. The Morgan fingerprint density at radius 3 is 2.52 bits per heavy atom. The number of nitrogens with one attached hydrogen (secondary N) is 2. The Balaban J connectivity index is 2.21. The lowest BCUT2D eigenvalue weighted by Crippen LogP contribution is -3.05. The van der Waals surface area contributed by atoms with Gasteiger partial charge in [0.25, 0.3) is 5.56 Å². The number of fused-ring (bicyclic) bond motifs is 1. The summed E-state index contributed by atoms with van der Waals surface area (Å²) in [4.78, 5) is 13.7. The highest BCUT2D eigenvalue weighted by molar-refractivity contribution is 7.92. The summed E-state index contributed by atoms with van der Waals surface area (Å²) in [6, 6.07) is 6.55. The van der Waals surface area contributed by atoms with Crippen molar-refractivity contribution in [2.24, 2.45) is 0 Å². The lowest BCUT2D eigenvalue weighted by molar-refractivity contribution is -0.858. The molecule has 0 bridgehead atoms. The van der Waals surface area contributed by atoms with Crippen LogP contribution < -0.4 is 16.2 Å². The second-order valence-corrected chi connectivity index (χ2v) is 8.84. The average molecular weight is 390 g/mol. The summed E-state index contributed by atoms with van der Waals surface area (Å²) in [6.45, 7) is 3.19. The molecule has 0 saturated carbocycles. The van der Waals surface area contributed by atoms with Gasteiger partial charge in [0.15, 0.2) is 0 Å². The molecule has 3 rings (SSSR count). The van der Waals surface area contributed by atoms with Gasteiger partial charge in [-0.05, 0) is 19.1 Å². The Bertz CT molecular complexity index is 1130. The molecule has 0 aliphatic heterocycles. The molecule has 0 aliphatic rings. The molecule has 144 valence electrons. The summed E-state index contributed by atoms with van der Waals surface area (Å²) in [5.41, 5.74) is 6.99. The zero-order valence-corrected chi connectivity index (χ0v) is 16.4. The molecular formula is C18H24N5O3S+. The quantitative estimate of drug-likeness (QED) is 0.547. The second kappa shape index (κ2) is 7.16. The number of aromatic amines is 1. The number of nitrogens with zero attached hydrogens (tertiary/aromatic N) is 2. The summed E-state index contributed by atoms with van der Waals surface area (Å²) < 4.78 is 28.1. The van der Waals surface area contributed by atoms with E-state index >= 15 is 0 Å². The molecule has 27 heavy (non-hydrogen) atoms. The molecule has 8 nitrogen and oxygen atoms in total. The van der Waals surface area contributed by atoms with E-state index in [1.807, 2.05) is 21.0 Å². The van der Waals surface area contributed by atoms with Gasteiger partial charge in [0.1, 0.15) is 16.2 Å². The van der Waals surface area contributed by atoms with Crippen LogP contribution in [0.5, 0.6) is 0 Å². The Morgan fingerprint density at radius 1 is 1.22 bits per heavy atom. The molecule has 0 aliphatic carbocycles. The van der Waals surface area contributed by atoms with Crippen LogP contribution in [-0.4, -0.2) is 43.8 Å². The van der Waals surface area contributed by atoms with Gasteiger partial charge in [-0.15, -0.1) is 0 Å². The molecule has 3 aromatic rings. The van der Waals surface area contributed by atoms with Crippen molar-refractivity contribution in [3.63, 3.8) is 0 Å². The first-order valence-corrected chi connectivity index (χ1v) is 10.2. The molecular weight excluding hydrogens is 366 g/mol. The molecule has 0 fully saturated rings. The SMILES string of the molecule is Cc1ccc(S(=O)(=O)c2c(N)n(CCC[NH+](C)C)c3c(=O)[nH]ncc23)cc1. The minimum absolute atomic E-state index is 0.0582. The number of H-pyrrole nitrogens is 1. The second-order valence-electron chi connectivity index (χ2n) is 6.95. The van der Waals surface area contributed by atoms with Crippen molar-refractivity contribution in [3.05, 3.63) is 46.4 Å². The van der Waals surface area contributed by atoms with Crippen LogP contribution in [-0.2, 0) is 16.4 Å². The van der Waals surface area contributed by atoms with E-state index in [2.05, 4.69) is 10.2 Å². The Labute approximate surface area is 157 Å². The van der Waals surface area contributed by atoms with Gasteiger partial charge in [-0.2, -0.15) is 5.10 Å². The highest BCUT2D eigenvalue weighted by atomic mass is 32.2. The van der Waals surface area contributed by atoms with E-state index < -0.39 is 15.4 Å². The van der Waals surface area contributed by atoms with Gasteiger partial charge in [-0.1, -0.05) is 17.7 Å². The van der Waals surface area contributed by atoms with Crippen LogP contribution in [0.3, 0.4) is 0 Å². The number of hydrogen-bond donors (Lipinski definition) is 3. The zero-order valence-electron chi connectivity index (χ0n) is 15.6. The lowest BCUT2D eigenvalue weighted by Gasteiger charge is -2.10. The predicted molar refractivity (Wildman–Crippen MR) is 104 cm³/mol. The van der Waals surface area contributed by atoms with Crippen molar-refractivity contribution in [1.29, 1.82) is 0 Å². The molecule has 2 heterocycles. The highest BCUT2D eigenvalue weighted by Gasteiger charge is 2.29. The number of hydrogen-bond acceptors (Lipinski definition) is 5. The van der Waals surface area contributed by atoms with Gasteiger partial charge in [-0.3, -0.25) is 4.79 Å². The standard InChI is InChI=1S/C18H23N5O3S/c1-12-5-7-13(8-6-12)27(25,26)16-14-11-20-21-18(24)15(14)23(17(16)19)10-4-9-22(2)3/h5-8,11H,4,9-10,19H2,1-3H3,(H,21,24)/p+1. The summed E-state index contributed by atoms with van der Waals surface area (Å²) in [6.07, 6.45) is 2.10. The fraction of sp³-hybridized carbons (Fsp3) is 0.333. The predicted octanol–water partition coefficient (Wildman–Crippen LogP) is -0.0174. The first-order valence-electron chi connectivity index (χ1n) is 8.69. The fourth-order valence-electron chi connectivity index (χ4n) is 3.15. The van der Waals surface area contributed by atoms with Crippen molar-refractivity contribution >= 4 is 26.6 Å². The summed E-state index contributed by atoms with van der Waals surface area (Å²) in [5.74, 6) is 0.0674. The van der Waals surface area contributed by atoms with Crippen molar-refractivity contribution < 1.29 is 13.3 Å². The molecule has 1 aromatic carbocycles. The monoisotopic (exact) mass is 390 g/mol. The Morgan fingerprint density at radius 2 is 1.89 bits per heavy atom. The minimum Gasteiger partial charge on any atom is -0.384 e. The van der Waals surface area contributed by atoms with Gasteiger partial charge >= 0.3 is 0 Å². The van der Waals surface area contributed by atoms with Crippen LogP contribution in [0.15, 0.2) is 45.0 Å². The number of anilines is 1. The zero-order chi connectivity index (χ0) is 19.8. The van der Waals surface area contributed by atoms with E-state index in [9.17, 15) is 13.2 Å². The molecule has 0 unspecified atom stereocenters. The van der Waals surface area contributed by atoms with Gasteiger partial charge < -0.3 is 15.2 Å². The van der Waals surface area contributed by atoms with Gasteiger partial charge in [0.2, 0.25) is 9.84 Å². The minimum atomic E-state index is -3.89. The molecule has 0 atom stereocenters. The third-order valence-corrected chi connectivity index (χ3v) is 6.39. The van der Waals surface area contributed by atoms with Crippen molar-refractivity contribution in [1.82, 2.24) is 14.8 Å². The number of rotatable bonds is 6. The van der Waals surface area contributed by atoms with Crippen LogP contribution >= 0.6 is 0 Å². The summed E-state index contributed by atoms with van der Waals surface area (Å²) in [7, 11) is 0.164. The third kappa shape index (κ3) is 3.47. The van der Waals surface area contributed by atoms with E-state index in [4.69, 9.17) is 5.73 Å². The average Bonchev–Trinajstić information content (AvgIpc) is 2.89. The molecule has 0 radical (unpaired) electrons. The van der Waals surface area contributed by atoms with Crippen LogP contribution in [0, 0.1) is 6.92 Å². The number of quaternary nitrogens is 1. The van der Waals surface area contributed by atoms with E-state index in [0.717, 1.165) is 18.5 Å². The van der Waals surface area contributed by atoms with E-state index in [1.165, 1.54) is 11.1 Å². The van der Waals surface area contributed by atoms with E-state index in [1.54, 1.807) is 28.8 Å². The third-order valence-electron chi connectivity index (χ3n) is 4.53. The lowest BCUT2D eigenvalue weighted by atomic mass is 10.2. The normalized spacial score (nSPS) is 12.1. The molecule has 2 aromatic heterocycles. The molecule has 9 heteroatoms. The smallest absolute Gasteiger partial charge is 0.288 e. The van der Waals surface area contributed by atoms with Crippen LogP contribution in [0.2, 0.25) is 0 Å². The van der Waals surface area contributed by atoms with Crippen LogP contribution in [0.1, 0.15) is 12.0 Å². The maximum absolute atomic E-state index is 13.2. The Kier molecular flexibility index (Phi) is 5.07. The highest BCUT2D eigenvalue weighted by Crippen LogP contribution is 2.34. The topological polar surface area (TPSA) is 115 Å². The number of aryl methyl sites for hydroxylation is 2. The number of benzene rings is 1. The maximum atomic E-state index is 13.2. The maximum Gasteiger partial charge on any atom is 0.288 e. The van der Waals surface area contributed by atoms with Crippen LogP contribution in [0.4, 0.5) is 5.82 Å². The fourth-order valence-corrected chi connectivity index (χ4v) is 4.70. The number of aromatic nitrogens is 3. The summed E-state index contributed by atoms with van der Waals surface area (Å²) >= 11 is 0. The number of nitrogens with two attached hydrogens (primary N) is 1. The van der Waals surface area contributed by atoms with Crippen molar-refractivity contribution in [2.45, 2.75) is 29.7 Å². The van der Waals surface area contributed by atoms with Gasteiger partial charge in [0.05, 0.1) is 31.7 Å². The molecule has 4 N–H and O–H groups in total. The molecule has 0 amide bonds. The molecule has 0 spiro atoms. The van der Waals surface area contributed by atoms with E-state index in [-0.39, 0.29) is 26.5 Å². The first kappa shape index (κ1) is 19.1. The summed E-state index contributed by atoms with van der Waals surface area (Å²) in [5, 5.41) is 6.40. The van der Waals surface area contributed by atoms with Gasteiger partial charge in [-0.25, -0.2) is 13.5 Å². The largest absolute Gasteiger partial charge is 0.384 e. The van der Waals surface area contributed by atoms with E-state index in [0.29, 0.717) is 6.54 Å². The van der Waals surface area contributed by atoms with Crippen molar-refractivity contribution in [3.8, 4) is 0 Å². The Hall–Kier alpha value is -2.65. The number of nitrogen functional groups attached to an aromatic ring is 1. The van der Waals surface area contributed by atoms with Crippen LogP contribution in [0.25, 0.3) is 10.9 Å².